The average Bonchev–Trinajstić information content (AvgIpc) is 3.17. The molecular weight excluding hydrogens is 394 g/mol. The number of ether oxygens (including phenoxy) is 1. The summed E-state index contributed by atoms with van der Waals surface area (Å²) in [5.41, 5.74) is -1.66. The summed E-state index contributed by atoms with van der Waals surface area (Å²) in [6.45, 7) is 0. The molecule has 0 saturated heterocycles. The summed E-state index contributed by atoms with van der Waals surface area (Å²) in [6, 6.07) is 7.95. The van der Waals surface area contributed by atoms with Gasteiger partial charge in [-0.3, -0.25) is 4.79 Å². The third-order valence-electron chi connectivity index (χ3n) is 3.94. The molecule has 29 heavy (non-hydrogen) atoms. The standard InChI is InChI=1S/C19H13F4N3O3/c1-29-18(28)13-7-6-12(19(21,22)23)8-15(13)25-17(27)11-9-24-26(10-11)16-5-3-2-4-14(16)20/h2-10H,1H3,(H,25,27). The summed E-state index contributed by atoms with van der Waals surface area (Å²) in [5.74, 6) is -2.33. The van der Waals surface area contributed by atoms with Gasteiger partial charge in [0.1, 0.15) is 11.5 Å². The third kappa shape index (κ3) is 4.26. The second-order valence-electron chi connectivity index (χ2n) is 5.83. The van der Waals surface area contributed by atoms with Crippen LogP contribution in [0.2, 0.25) is 0 Å². The van der Waals surface area contributed by atoms with Crippen molar-refractivity contribution < 1.29 is 31.9 Å². The molecule has 0 unspecified atom stereocenters. The van der Waals surface area contributed by atoms with Gasteiger partial charge in [-0.05, 0) is 30.3 Å². The SMILES string of the molecule is COC(=O)c1ccc(C(F)(F)F)cc1NC(=O)c1cnn(-c2ccccc2F)c1. The van der Waals surface area contributed by atoms with Gasteiger partial charge in [0.05, 0.1) is 35.7 Å². The van der Waals surface area contributed by atoms with Crippen LogP contribution >= 0.6 is 0 Å². The van der Waals surface area contributed by atoms with Crippen molar-refractivity contribution in [2.75, 3.05) is 12.4 Å². The van der Waals surface area contributed by atoms with Crippen LogP contribution in [0.1, 0.15) is 26.3 Å². The first-order valence-corrected chi connectivity index (χ1v) is 8.11. The minimum Gasteiger partial charge on any atom is -0.465 e. The van der Waals surface area contributed by atoms with E-state index >= 15 is 0 Å². The maximum atomic E-state index is 13.9. The number of para-hydroxylation sites is 1. The molecule has 1 heterocycles. The Morgan fingerprint density at radius 3 is 2.52 bits per heavy atom. The Morgan fingerprint density at radius 1 is 1.14 bits per heavy atom. The summed E-state index contributed by atoms with van der Waals surface area (Å²) in [6.07, 6.45) is -2.35. The molecule has 0 fully saturated rings. The van der Waals surface area contributed by atoms with Crippen molar-refractivity contribution in [1.29, 1.82) is 0 Å². The number of rotatable bonds is 4. The molecule has 1 amide bonds. The molecule has 0 bridgehead atoms. The number of aromatic nitrogens is 2. The summed E-state index contributed by atoms with van der Waals surface area (Å²) in [5, 5.41) is 6.13. The molecule has 150 valence electrons. The van der Waals surface area contributed by atoms with Crippen LogP contribution in [-0.4, -0.2) is 28.8 Å². The largest absolute Gasteiger partial charge is 0.465 e. The van der Waals surface area contributed by atoms with Crippen molar-refractivity contribution in [3.63, 3.8) is 0 Å². The quantitative estimate of drug-likeness (QED) is 0.523. The maximum Gasteiger partial charge on any atom is 0.416 e. The van der Waals surface area contributed by atoms with Crippen LogP contribution in [0.5, 0.6) is 0 Å². The predicted molar refractivity (Wildman–Crippen MR) is 94.3 cm³/mol. The second-order valence-corrected chi connectivity index (χ2v) is 5.83. The molecule has 0 aliphatic rings. The van der Waals surface area contributed by atoms with Crippen molar-refractivity contribution >= 4 is 17.6 Å². The van der Waals surface area contributed by atoms with E-state index in [2.05, 4.69) is 15.2 Å². The number of hydrogen-bond acceptors (Lipinski definition) is 4. The maximum absolute atomic E-state index is 13.9. The first-order valence-electron chi connectivity index (χ1n) is 8.11. The zero-order valence-electron chi connectivity index (χ0n) is 14.8. The number of methoxy groups -OCH3 is 1. The Hall–Kier alpha value is -3.69. The van der Waals surface area contributed by atoms with E-state index in [1.807, 2.05) is 0 Å². The van der Waals surface area contributed by atoms with E-state index in [4.69, 9.17) is 0 Å². The van der Waals surface area contributed by atoms with Gasteiger partial charge in [-0.25, -0.2) is 13.9 Å². The average molecular weight is 407 g/mol. The lowest BCUT2D eigenvalue weighted by Crippen LogP contribution is -2.16. The Bertz CT molecular complexity index is 1080. The van der Waals surface area contributed by atoms with Gasteiger partial charge in [0.2, 0.25) is 0 Å². The number of alkyl halides is 3. The van der Waals surface area contributed by atoms with Gasteiger partial charge in [0.15, 0.2) is 0 Å². The van der Waals surface area contributed by atoms with E-state index in [1.165, 1.54) is 24.4 Å². The van der Waals surface area contributed by atoms with Crippen LogP contribution in [-0.2, 0) is 10.9 Å². The Balaban J connectivity index is 1.92. The van der Waals surface area contributed by atoms with Gasteiger partial charge in [0, 0.05) is 6.20 Å². The van der Waals surface area contributed by atoms with Crippen molar-refractivity contribution in [3.05, 3.63) is 77.4 Å². The fraction of sp³-hybridized carbons (Fsp3) is 0.105. The summed E-state index contributed by atoms with van der Waals surface area (Å²) in [7, 11) is 1.06. The molecule has 0 spiro atoms. The van der Waals surface area contributed by atoms with Crippen molar-refractivity contribution in [3.8, 4) is 5.69 Å². The highest BCUT2D eigenvalue weighted by atomic mass is 19.4. The molecule has 0 aliphatic heterocycles. The number of carbonyl (C=O) groups excluding carboxylic acids is 2. The van der Waals surface area contributed by atoms with Crippen LogP contribution in [0.25, 0.3) is 5.69 Å². The third-order valence-corrected chi connectivity index (χ3v) is 3.94. The van der Waals surface area contributed by atoms with Gasteiger partial charge in [-0.1, -0.05) is 12.1 Å². The molecule has 0 saturated carbocycles. The molecule has 2 aromatic carbocycles. The van der Waals surface area contributed by atoms with Gasteiger partial charge in [-0.15, -0.1) is 0 Å². The highest BCUT2D eigenvalue weighted by Gasteiger charge is 2.32. The topological polar surface area (TPSA) is 73.2 Å². The molecule has 0 aliphatic carbocycles. The van der Waals surface area contributed by atoms with Gasteiger partial charge >= 0.3 is 12.1 Å². The Labute approximate surface area is 161 Å². The molecule has 1 N–H and O–H groups in total. The van der Waals surface area contributed by atoms with Crippen LogP contribution in [0.15, 0.2) is 54.9 Å². The zero-order chi connectivity index (χ0) is 21.2. The number of carbonyl (C=O) groups is 2. The molecule has 3 aromatic rings. The molecule has 3 rings (SSSR count). The number of nitrogens with zero attached hydrogens (tertiary/aromatic N) is 2. The van der Waals surface area contributed by atoms with E-state index < -0.39 is 29.4 Å². The normalized spacial score (nSPS) is 11.2. The van der Waals surface area contributed by atoms with Crippen LogP contribution < -0.4 is 5.32 Å². The highest BCUT2D eigenvalue weighted by Crippen LogP contribution is 2.32. The fourth-order valence-electron chi connectivity index (χ4n) is 2.52. The van der Waals surface area contributed by atoms with E-state index in [0.717, 1.165) is 24.1 Å². The lowest BCUT2D eigenvalue weighted by atomic mass is 10.1. The Morgan fingerprint density at radius 2 is 1.86 bits per heavy atom. The minimum absolute atomic E-state index is 0.0542. The van der Waals surface area contributed by atoms with E-state index in [1.54, 1.807) is 6.07 Å². The van der Waals surface area contributed by atoms with Crippen molar-refractivity contribution in [1.82, 2.24) is 9.78 Å². The number of amides is 1. The smallest absolute Gasteiger partial charge is 0.416 e. The number of esters is 1. The molecule has 6 nitrogen and oxygen atoms in total. The Kier molecular flexibility index (Phi) is 5.35. The lowest BCUT2D eigenvalue weighted by molar-refractivity contribution is -0.137. The second kappa shape index (κ2) is 7.74. The molecule has 10 heteroatoms. The van der Waals surface area contributed by atoms with Gasteiger partial charge in [0.25, 0.3) is 5.91 Å². The molecule has 1 aromatic heterocycles. The number of nitrogens with one attached hydrogen (secondary N) is 1. The number of hydrogen-bond donors (Lipinski definition) is 1. The molecule has 0 atom stereocenters. The lowest BCUT2D eigenvalue weighted by Gasteiger charge is -2.13. The van der Waals surface area contributed by atoms with Crippen molar-refractivity contribution in [2.24, 2.45) is 0 Å². The number of halogens is 4. The van der Waals surface area contributed by atoms with Crippen LogP contribution in [0, 0.1) is 5.82 Å². The summed E-state index contributed by atoms with van der Waals surface area (Å²) < 4.78 is 58.5. The van der Waals surface area contributed by atoms with Gasteiger partial charge < -0.3 is 10.1 Å². The number of benzene rings is 2. The monoisotopic (exact) mass is 407 g/mol. The number of anilines is 1. The van der Waals surface area contributed by atoms with Crippen LogP contribution in [0.3, 0.4) is 0 Å². The fourth-order valence-corrected chi connectivity index (χ4v) is 2.52. The minimum atomic E-state index is -4.68. The zero-order valence-corrected chi connectivity index (χ0v) is 14.8. The first kappa shape index (κ1) is 20.1. The van der Waals surface area contributed by atoms with Crippen molar-refractivity contribution in [2.45, 2.75) is 6.18 Å². The first-order chi connectivity index (χ1) is 13.7. The van der Waals surface area contributed by atoms with E-state index in [0.29, 0.717) is 12.1 Å². The van der Waals surface area contributed by atoms with E-state index in [-0.39, 0.29) is 22.5 Å². The summed E-state index contributed by atoms with van der Waals surface area (Å²) >= 11 is 0. The van der Waals surface area contributed by atoms with E-state index in [9.17, 15) is 27.2 Å². The molecular formula is C19H13F4N3O3. The predicted octanol–water partition coefficient (Wildman–Crippen LogP) is 4.07. The van der Waals surface area contributed by atoms with Crippen LogP contribution in [0.4, 0.5) is 23.2 Å². The summed E-state index contributed by atoms with van der Waals surface area (Å²) in [4.78, 5) is 24.3. The highest BCUT2D eigenvalue weighted by molar-refractivity contribution is 6.07. The molecule has 0 radical (unpaired) electrons. The van der Waals surface area contributed by atoms with Gasteiger partial charge in [-0.2, -0.15) is 18.3 Å².